The molecule has 0 atom stereocenters. The molecular weight excluding hydrogens is 324 g/mol. The summed E-state index contributed by atoms with van der Waals surface area (Å²) in [5, 5.41) is 19.3. The van der Waals surface area contributed by atoms with E-state index in [9.17, 15) is 18.5 Å². The smallest absolute Gasteiger partial charge is 0.271 e. The van der Waals surface area contributed by atoms with E-state index in [4.69, 9.17) is 21.4 Å². The maximum Gasteiger partial charge on any atom is 0.271 e. The summed E-state index contributed by atoms with van der Waals surface area (Å²) in [6.07, 6.45) is 0. The van der Waals surface area contributed by atoms with Gasteiger partial charge in [-0.05, 0) is 6.07 Å². The van der Waals surface area contributed by atoms with Crippen LogP contribution in [0.2, 0.25) is 5.02 Å². The number of benzene rings is 1. The predicted octanol–water partition coefficient (Wildman–Crippen LogP) is 0.878. The quantitative estimate of drug-likeness (QED) is 0.556. The topological polar surface area (TPSA) is 110 Å². The van der Waals surface area contributed by atoms with Gasteiger partial charge in [-0.3, -0.25) is 10.1 Å². The highest BCUT2D eigenvalue weighted by Gasteiger charge is 2.27. The molecule has 21 heavy (non-hydrogen) atoms. The third kappa shape index (κ3) is 4.35. The lowest BCUT2D eigenvalue weighted by atomic mass is 10.3. The van der Waals surface area contributed by atoms with Crippen LogP contribution in [-0.2, 0) is 14.8 Å². The number of hydrogen-bond donors (Lipinski definition) is 1. The summed E-state index contributed by atoms with van der Waals surface area (Å²) in [4.78, 5) is 9.71. The molecule has 0 unspecified atom stereocenters. The minimum atomic E-state index is -3.97. The second-order valence-electron chi connectivity index (χ2n) is 3.99. The number of nitrogens with zero attached hydrogens (tertiary/aromatic N) is 2. The van der Waals surface area contributed by atoms with E-state index in [1.54, 1.807) is 0 Å². The van der Waals surface area contributed by atoms with Crippen LogP contribution in [-0.4, -0.2) is 56.2 Å². The van der Waals surface area contributed by atoms with Gasteiger partial charge in [-0.2, -0.15) is 4.31 Å². The number of aliphatic hydroxyl groups is 1. The number of rotatable bonds is 8. The Morgan fingerprint density at radius 1 is 1.43 bits per heavy atom. The first-order valence-corrected chi connectivity index (χ1v) is 7.70. The second-order valence-corrected chi connectivity index (χ2v) is 6.31. The standard InChI is InChI=1S/C11H15ClN2O6S/c1-20-7-5-13(4-6-15)21(18,19)11-3-2-9(14(16)17)8-10(11)12/h2-3,8,15H,4-7H2,1H3. The Kier molecular flexibility index (Phi) is 6.49. The first kappa shape index (κ1) is 17.8. The molecule has 0 aromatic heterocycles. The van der Waals surface area contributed by atoms with E-state index in [-0.39, 0.29) is 41.9 Å². The molecule has 0 radical (unpaired) electrons. The molecular formula is C11H15ClN2O6S. The number of methoxy groups -OCH3 is 1. The number of ether oxygens (including phenoxy) is 1. The minimum Gasteiger partial charge on any atom is -0.395 e. The van der Waals surface area contributed by atoms with Crippen molar-refractivity contribution in [2.24, 2.45) is 0 Å². The van der Waals surface area contributed by atoms with Crippen molar-refractivity contribution in [2.75, 3.05) is 33.4 Å². The fourth-order valence-corrected chi connectivity index (χ4v) is 3.54. The van der Waals surface area contributed by atoms with Gasteiger partial charge >= 0.3 is 0 Å². The van der Waals surface area contributed by atoms with Crippen LogP contribution in [0.25, 0.3) is 0 Å². The van der Waals surface area contributed by atoms with E-state index in [2.05, 4.69) is 0 Å². The largest absolute Gasteiger partial charge is 0.395 e. The van der Waals surface area contributed by atoms with Crippen LogP contribution in [0.1, 0.15) is 0 Å². The van der Waals surface area contributed by atoms with Crippen LogP contribution in [0.5, 0.6) is 0 Å². The first-order chi connectivity index (χ1) is 9.84. The summed E-state index contributed by atoms with van der Waals surface area (Å²) in [6, 6.07) is 3.11. The summed E-state index contributed by atoms with van der Waals surface area (Å²) in [5.74, 6) is 0. The highest BCUT2D eigenvalue weighted by atomic mass is 35.5. The molecule has 0 spiro atoms. The zero-order valence-electron chi connectivity index (χ0n) is 11.2. The zero-order chi connectivity index (χ0) is 16.0. The summed E-state index contributed by atoms with van der Waals surface area (Å²) >= 11 is 5.83. The molecule has 0 heterocycles. The predicted molar refractivity (Wildman–Crippen MR) is 75.8 cm³/mol. The lowest BCUT2D eigenvalue weighted by Gasteiger charge is -2.21. The van der Waals surface area contributed by atoms with Gasteiger partial charge in [0, 0.05) is 32.3 Å². The van der Waals surface area contributed by atoms with Crippen molar-refractivity contribution in [3.8, 4) is 0 Å². The van der Waals surface area contributed by atoms with E-state index in [1.165, 1.54) is 7.11 Å². The van der Waals surface area contributed by atoms with Gasteiger partial charge in [-0.15, -0.1) is 0 Å². The van der Waals surface area contributed by atoms with Crippen LogP contribution >= 0.6 is 11.6 Å². The molecule has 0 saturated carbocycles. The van der Waals surface area contributed by atoms with Gasteiger partial charge in [-0.25, -0.2) is 8.42 Å². The van der Waals surface area contributed by atoms with E-state index in [0.29, 0.717) is 0 Å². The summed E-state index contributed by atoms with van der Waals surface area (Å²) in [7, 11) is -2.55. The number of nitro benzene ring substituents is 1. The van der Waals surface area contributed by atoms with Gasteiger partial charge < -0.3 is 9.84 Å². The van der Waals surface area contributed by atoms with Crippen LogP contribution < -0.4 is 0 Å². The van der Waals surface area contributed by atoms with Crippen molar-refractivity contribution in [1.29, 1.82) is 0 Å². The van der Waals surface area contributed by atoms with Gasteiger partial charge in [0.05, 0.1) is 23.2 Å². The molecule has 0 saturated heterocycles. The fourth-order valence-electron chi connectivity index (χ4n) is 1.61. The maximum atomic E-state index is 12.4. The zero-order valence-corrected chi connectivity index (χ0v) is 12.8. The van der Waals surface area contributed by atoms with Crippen molar-refractivity contribution in [3.63, 3.8) is 0 Å². The van der Waals surface area contributed by atoms with Crippen molar-refractivity contribution in [1.82, 2.24) is 4.31 Å². The van der Waals surface area contributed by atoms with Gasteiger partial charge in [0.2, 0.25) is 10.0 Å². The molecule has 1 aromatic carbocycles. The number of sulfonamides is 1. The Morgan fingerprint density at radius 3 is 2.57 bits per heavy atom. The minimum absolute atomic E-state index is 0.0344. The Hall–Kier alpha value is -1.26. The molecule has 8 nitrogen and oxygen atoms in total. The molecule has 10 heteroatoms. The highest BCUT2D eigenvalue weighted by Crippen LogP contribution is 2.28. The monoisotopic (exact) mass is 338 g/mol. The van der Waals surface area contributed by atoms with Crippen molar-refractivity contribution in [2.45, 2.75) is 4.90 Å². The van der Waals surface area contributed by atoms with E-state index in [0.717, 1.165) is 22.5 Å². The third-order valence-electron chi connectivity index (χ3n) is 2.64. The van der Waals surface area contributed by atoms with Crippen molar-refractivity contribution >= 4 is 27.3 Å². The van der Waals surface area contributed by atoms with E-state index >= 15 is 0 Å². The summed E-state index contributed by atoms with van der Waals surface area (Å²) < 4.78 is 30.7. The van der Waals surface area contributed by atoms with E-state index < -0.39 is 14.9 Å². The molecule has 0 aliphatic rings. The first-order valence-electron chi connectivity index (χ1n) is 5.88. The Morgan fingerprint density at radius 2 is 2.10 bits per heavy atom. The van der Waals surface area contributed by atoms with Gasteiger partial charge in [0.1, 0.15) is 4.90 Å². The fraction of sp³-hybridized carbons (Fsp3) is 0.455. The molecule has 1 N–H and O–H groups in total. The van der Waals surface area contributed by atoms with Crippen molar-refractivity contribution < 1.29 is 23.2 Å². The normalized spacial score (nSPS) is 11.8. The molecule has 1 aromatic rings. The van der Waals surface area contributed by atoms with Gasteiger partial charge in [-0.1, -0.05) is 11.6 Å². The SMILES string of the molecule is COCCN(CCO)S(=O)(=O)c1ccc([N+](=O)[O-])cc1Cl. The van der Waals surface area contributed by atoms with Gasteiger partial charge in [0.15, 0.2) is 0 Å². The average Bonchev–Trinajstić information content (AvgIpc) is 2.42. The van der Waals surface area contributed by atoms with Crippen LogP contribution in [0, 0.1) is 10.1 Å². The number of hydrogen-bond acceptors (Lipinski definition) is 6. The third-order valence-corrected chi connectivity index (χ3v) is 5.02. The average molecular weight is 339 g/mol. The lowest BCUT2D eigenvalue weighted by Crippen LogP contribution is -2.36. The Labute approximate surface area is 127 Å². The summed E-state index contributed by atoms with van der Waals surface area (Å²) in [6.45, 7) is -0.316. The number of halogens is 1. The molecule has 1 rings (SSSR count). The Bertz CT molecular complexity index is 607. The molecule has 0 amide bonds. The molecule has 0 fully saturated rings. The van der Waals surface area contributed by atoms with Crippen LogP contribution in [0.15, 0.2) is 23.1 Å². The summed E-state index contributed by atoms with van der Waals surface area (Å²) in [5.41, 5.74) is -0.301. The Balaban J connectivity index is 3.18. The number of aliphatic hydroxyl groups excluding tert-OH is 1. The second kappa shape index (κ2) is 7.66. The van der Waals surface area contributed by atoms with Gasteiger partial charge in [0.25, 0.3) is 5.69 Å². The van der Waals surface area contributed by atoms with Crippen LogP contribution in [0.3, 0.4) is 0 Å². The molecule has 118 valence electrons. The van der Waals surface area contributed by atoms with Crippen LogP contribution in [0.4, 0.5) is 5.69 Å². The van der Waals surface area contributed by atoms with E-state index in [1.807, 2.05) is 0 Å². The maximum absolute atomic E-state index is 12.4. The molecule has 0 aliphatic carbocycles. The molecule has 0 aliphatic heterocycles. The lowest BCUT2D eigenvalue weighted by molar-refractivity contribution is -0.384. The highest BCUT2D eigenvalue weighted by molar-refractivity contribution is 7.89. The number of nitro groups is 1. The van der Waals surface area contributed by atoms with Crippen molar-refractivity contribution in [3.05, 3.63) is 33.3 Å². The molecule has 0 bridgehead atoms. The number of non-ortho nitro benzene ring substituents is 1.